The minimum Gasteiger partial charge on any atom is -0.377 e. The molecule has 1 N–H and O–H groups in total. The molecule has 0 amide bonds. The van der Waals surface area contributed by atoms with Crippen LogP contribution in [0, 0.1) is 20.8 Å². The number of anilines is 1. The van der Waals surface area contributed by atoms with Gasteiger partial charge in [0.05, 0.1) is 12.7 Å². The third-order valence-corrected chi connectivity index (χ3v) is 3.68. The normalized spacial score (nSPS) is 10.9. The molecular weight excluding hydrogens is 276 g/mol. The van der Waals surface area contributed by atoms with E-state index < -0.39 is 0 Å². The molecule has 0 saturated carbocycles. The first-order chi connectivity index (χ1) is 10.5. The van der Waals surface area contributed by atoms with E-state index in [0.717, 1.165) is 22.7 Å². The van der Waals surface area contributed by atoms with Crippen molar-refractivity contribution in [2.75, 3.05) is 5.32 Å². The maximum atomic E-state index is 5.40. The predicted octanol–water partition coefficient (Wildman–Crippen LogP) is 3.61. The van der Waals surface area contributed by atoms with E-state index in [0.29, 0.717) is 6.54 Å². The summed E-state index contributed by atoms with van der Waals surface area (Å²) in [7, 11) is 1.88. The first-order valence-corrected chi connectivity index (χ1v) is 7.29. The van der Waals surface area contributed by atoms with Crippen molar-refractivity contribution in [2.24, 2.45) is 7.05 Å². The van der Waals surface area contributed by atoms with Crippen molar-refractivity contribution < 1.29 is 4.52 Å². The number of nitrogens with one attached hydrogen (secondary N) is 1. The van der Waals surface area contributed by atoms with Crippen molar-refractivity contribution in [1.29, 1.82) is 0 Å². The molecule has 1 aromatic carbocycles. The van der Waals surface area contributed by atoms with Crippen LogP contribution in [0.1, 0.15) is 22.5 Å². The Morgan fingerprint density at radius 3 is 2.50 bits per heavy atom. The Balaban J connectivity index is 1.74. The van der Waals surface area contributed by atoms with Gasteiger partial charge in [-0.2, -0.15) is 5.10 Å². The van der Waals surface area contributed by atoms with E-state index in [-0.39, 0.29) is 0 Å². The summed E-state index contributed by atoms with van der Waals surface area (Å²) in [5.74, 6) is 0.804. The van der Waals surface area contributed by atoms with E-state index >= 15 is 0 Å². The van der Waals surface area contributed by atoms with Crippen molar-refractivity contribution in [3.05, 3.63) is 53.0 Å². The van der Waals surface area contributed by atoms with E-state index in [1.807, 2.05) is 19.3 Å². The summed E-state index contributed by atoms with van der Waals surface area (Å²) in [6.45, 7) is 6.95. The zero-order chi connectivity index (χ0) is 15.7. The van der Waals surface area contributed by atoms with Gasteiger partial charge in [-0.3, -0.25) is 4.68 Å². The van der Waals surface area contributed by atoms with E-state index in [4.69, 9.17) is 4.52 Å². The van der Waals surface area contributed by atoms with Crippen LogP contribution in [0.5, 0.6) is 0 Å². The van der Waals surface area contributed by atoms with E-state index in [9.17, 15) is 0 Å². The first kappa shape index (κ1) is 14.4. The quantitative estimate of drug-likeness (QED) is 0.799. The van der Waals surface area contributed by atoms with Gasteiger partial charge in [0.1, 0.15) is 5.69 Å². The molecule has 0 fully saturated rings. The van der Waals surface area contributed by atoms with Crippen molar-refractivity contribution in [2.45, 2.75) is 27.3 Å². The van der Waals surface area contributed by atoms with Crippen molar-refractivity contribution in [1.82, 2.24) is 14.9 Å². The number of rotatable bonds is 4. The first-order valence-electron chi connectivity index (χ1n) is 7.29. The van der Waals surface area contributed by atoms with Crippen LogP contribution in [0.15, 0.2) is 35.1 Å². The van der Waals surface area contributed by atoms with Gasteiger partial charge in [0, 0.05) is 30.6 Å². The molecule has 22 heavy (non-hydrogen) atoms. The van der Waals surface area contributed by atoms with Gasteiger partial charge in [0.2, 0.25) is 0 Å². The van der Waals surface area contributed by atoms with Gasteiger partial charge in [0.15, 0.2) is 5.76 Å². The molecule has 2 heterocycles. The van der Waals surface area contributed by atoms with Gasteiger partial charge in [0.25, 0.3) is 0 Å². The smallest absolute Gasteiger partial charge is 0.156 e. The molecule has 3 rings (SSSR count). The Bertz CT molecular complexity index is 778. The minimum absolute atomic E-state index is 0.609. The van der Waals surface area contributed by atoms with Crippen molar-refractivity contribution in [3.63, 3.8) is 0 Å². The van der Waals surface area contributed by atoms with Crippen LogP contribution >= 0.6 is 0 Å². The standard InChI is InChI=1S/C17H20N4O/c1-11-5-12(2)17(13(3)6-11)18-9-15-7-16(20-22-15)14-8-19-21(4)10-14/h5-8,10,18H,9H2,1-4H3. The largest absolute Gasteiger partial charge is 0.377 e. The van der Waals surface area contributed by atoms with Gasteiger partial charge in [-0.15, -0.1) is 0 Å². The highest BCUT2D eigenvalue weighted by molar-refractivity contribution is 5.59. The molecule has 0 aliphatic carbocycles. The van der Waals surface area contributed by atoms with Gasteiger partial charge in [-0.25, -0.2) is 0 Å². The molecule has 0 spiro atoms. The number of aromatic nitrogens is 3. The molecule has 2 aromatic heterocycles. The Morgan fingerprint density at radius 2 is 1.86 bits per heavy atom. The number of benzene rings is 1. The summed E-state index contributed by atoms with van der Waals surface area (Å²) >= 11 is 0. The highest BCUT2D eigenvalue weighted by Gasteiger charge is 2.09. The van der Waals surface area contributed by atoms with Gasteiger partial charge in [-0.1, -0.05) is 22.9 Å². The highest BCUT2D eigenvalue weighted by Crippen LogP contribution is 2.23. The molecule has 0 radical (unpaired) electrons. The number of hydrogen-bond donors (Lipinski definition) is 1. The third-order valence-electron chi connectivity index (χ3n) is 3.68. The van der Waals surface area contributed by atoms with Gasteiger partial charge < -0.3 is 9.84 Å². The van der Waals surface area contributed by atoms with E-state index in [1.54, 1.807) is 10.9 Å². The second-order valence-corrected chi connectivity index (χ2v) is 5.71. The molecule has 0 atom stereocenters. The van der Waals surface area contributed by atoms with Gasteiger partial charge in [-0.05, 0) is 31.9 Å². The zero-order valence-electron chi connectivity index (χ0n) is 13.3. The van der Waals surface area contributed by atoms with Crippen LogP contribution in [0.4, 0.5) is 5.69 Å². The van der Waals surface area contributed by atoms with Crippen molar-refractivity contribution in [3.8, 4) is 11.3 Å². The van der Waals surface area contributed by atoms with Crippen molar-refractivity contribution >= 4 is 5.69 Å². The lowest BCUT2D eigenvalue weighted by atomic mass is 10.1. The lowest BCUT2D eigenvalue weighted by Gasteiger charge is -2.12. The van der Waals surface area contributed by atoms with Crippen LogP contribution in [-0.4, -0.2) is 14.9 Å². The summed E-state index contributed by atoms with van der Waals surface area (Å²) in [6, 6.07) is 6.30. The summed E-state index contributed by atoms with van der Waals surface area (Å²) in [5, 5.41) is 11.7. The highest BCUT2D eigenvalue weighted by atomic mass is 16.5. The lowest BCUT2D eigenvalue weighted by molar-refractivity contribution is 0.390. The zero-order valence-corrected chi connectivity index (χ0v) is 13.3. The maximum absolute atomic E-state index is 5.40. The number of hydrogen-bond acceptors (Lipinski definition) is 4. The molecule has 3 aromatic rings. The predicted molar refractivity (Wildman–Crippen MR) is 86.7 cm³/mol. The summed E-state index contributed by atoms with van der Waals surface area (Å²) < 4.78 is 7.15. The Labute approximate surface area is 129 Å². The van der Waals surface area contributed by atoms with E-state index in [1.165, 1.54) is 16.7 Å². The third kappa shape index (κ3) is 2.88. The van der Waals surface area contributed by atoms with Crippen LogP contribution in [0.2, 0.25) is 0 Å². The van der Waals surface area contributed by atoms with Crippen LogP contribution in [-0.2, 0) is 13.6 Å². The fourth-order valence-corrected chi connectivity index (χ4v) is 2.72. The summed E-state index contributed by atoms with van der Waals surface area (Å²) in [5.41, 5.74) is 6.68. The molecule has 0 bridgehead atoms. The molecule has 0 saturated heterocycles. The lowest BCUT2D eigenvalue weighted by Crippen LogP contribution is -2.02. The Kier molecular flexibility index (Phi) is 3.71. The molecule has 5 nitrogen and oxygen atoms in total. The molecule has 0 aliphatic heterocycles. The number of aryl methyl sites for hydroxylation is 4. The van der Waals surface area contributed by atoms with E-state index in [2.05, 4.69) is 48.5 Å². The van der Waals surface area contributed by atoms with Crippen LogP contribution in [0.25, 0.3) is 11.3 Å². The molecular formula is C17H20N4O. The Morgan fingerprint density at radius 1 is 1.14 bits per heavy atom. The topological polar surface area (TPSA) is 55.9 Å². The van der Waals surface area contributed by atoms with Crippen LogP contribution < -0.4 is 5.32 Å². The Hall–Kier alpha value is -2.56. The summed E-state index contributed by atoms with van der Waals surface area (Å²) in [4.78, 5) is 0. The van der Waals surface area contributed by atoms with Crippen LogP contribution in [0.3, 0.4) is 0 Å². The monoisotopic (exact) mass is 296 g/mol. The SMILES string of the molecule is Cc1cc(C)c(NCc2cc(-c3cnn(C)c3)no2)c(C)c1. The molecule has 114 valence electrons. The maximum Gasteiger partial charge on any atom is 0.156 e. The average molecular weight is 296 g/mol. The summed E-state index contributed by atoms with van der Waals surface area (Å²) in [6.07, 6.45) is 3.70. The number of nitrogens with zero attached hydrogens (tertiary/aromatic N) is 3. The molecule has 5 heteroatoms. The minimum atomic E-state index is 0.609. The van der Waals surface area contributed by atoms with Gasteiger partial charge >= 0.3 is 0 Å². The molecule has 0 unspecified atom stereocenters. The fourth-order valence-electron chi connectivity index (χ4n) is 2.72. The molecule has 0 aliphatic rings. The average Bonchev–Trinajstić information content (AvgIpc) is 3.06. The fraction of sp³-hybridized carbons (Fsp3) is 0.294. The second kappa shape index (κ2) is 5.67. The second-order valence-electron chi connectivity index (χ2n) is 5.71.